The number of nitrogens with zero attached hydrogens (tertiary/aromatic N) is 5. The Kier molecular flexibility index (Phi) is 10.1. The van der Waals surface area contributed by atoms with Crippen LogP contribution in [-0.4, -0.2) is 21.2 Å². The molecular formula is C63H54N5OPt-3. The second-order valence-electron chi connectivity index (χ2n) is 21.5. The number of para-hydroxylation sites is 5. The number of pyridine rings is 1. The van der Waals surface area contributed by atoms with Gasteiger partial charge in [-0.2, -0.15) is 12.7 Å². The fourth-order valence-electron chi connectivity index (χ4n) is 13.8. The van der Waals surface area contributed by atoms with Crippen molar-refractivity contribution < 1.29 is 25.8 Å². The predicted molar refractivity (Wildman–Crippen MR) is 281 cm³/mol. The van der Waals surface area contributed by atoms with Crippen molar-refractivity contribution in [1.29, 1.82) is 0 Å². The zero-order valence-electron chi connectivity index (χ0n) is 40.0. The minimum absolute atomic E-state index is 0. The molecule has 1 aliphatic heterocycles. The third kappa shape index (κ3) is 6.58. The number of aromatic nitrogens is 3. The van der Waals surface area contributed by atoms with Crippen molar-refractivity contribution in [3.63, 3.8) is 0 Å². The topological polar surface area (TPSA) is 38.5 Å². The summed E-state index contributed by atoms with van der Waals surface area (Å²) in [6.45, 7) is 8.87. The van der Waals surface area contributed by atoms with E-state index in [2.05, 4.69) is 229 Å². The summed E-state index contributed by atoms with van der Waals surface area (Å²) in [4.78, 5) is 9.60. The molecule has 0 amide bonds. The smallest absolute Gasteiger partial charge is 0.135 e. The van der Waals surface area contributed by atoms with Gasteiger partial charge in [0.25, 0.3) is 0 Å². The molecule has 0 saturated heterocycles. The van der Waals surface area contributed by atoms with Gasteiger partial charge in [0.1, 0.15) is 5.82 Å². The monoisotopic (exact) mass is 1090 g/mol. The second kappa shape index (κ2) is 16.2. The normalized spacial score (nSPS) is 21.5. The molecule has 4 saturated carbocycles. The number of anilines is 3. The van der Waals surface area contributed by atoms with Crippen LogP contribution >= 0.6 is 0 Å². The third-order valence-electron chi connectivity index (χ3n) is 16.6. The van der Waals surface area contributed by atoms with E-state index in [1.807, 2.05) is 0 Å². The van der Waals surface area contributed by atoms with Crippen molar-refractivity contribution in [2.75, 3.05) is 16.8 Å². The van der Waals surface area contributed by atoms with Gasteiger partial charge < -0.3 is 23.7 Å². The van der Waals surface area contributed by atoms with Crippen LogP contribution in [0.2, 0.25) is 0 Å². The minimum Gasteiger partial charge on any atom is -0.509 e. The number of benzene rings is 7. The maximum Gasteiger partial charge on any atom is 0.135 e. The third-order valence-corrected chi connectivity index (χ3v) is 16.6. The maximum atomic E-state index is 6.86. The van der Waals surface area contributed by atoms with E-state index in [1.54, 1.807) is 0 Å². The molecule has 0 N–H and O–H groups in total. The van der Waals surface area contributed by atoms with Gasteiger partial charge in [-0.3, -0.25) is 0 Å². The van der Waals surface area contributed by atoms with Crippen LogP contribution in [0.5, 0.6) is 11.5 Å². The van der Waals surface area contributed by atoms with Crippen LogP contribution in [0.4, 0.5) is 17.1 Å². The van der Waals surface area contributed by atoms with Crippen LogP contribution in [0, 0.1) is 42.5 Å². The molecule has 10 aromatic rings. The molecule has 4 aliphatic carbocycles. The summed E-state index contributed by atoms with van der Waals surface area (Å²) < 4.78 is 11.6. The molecule has 6 nitrogen and oxygen atoms in total. The Morgan fingerprint density at radius 3 is 1.84 bits per heavy atom. The molecule has 0 atom stereocenters. The largest absolute Gasteiger partial charge is 0.509 e. The van der Waals surface area contributed by atoms with E-state index in [1.165, 1.54) is 81.7 Å². The number of hydrogen-bond acceptors (Lipinski definition) is 4. The number of rotatable bonds is 7. The Morgan fingerprint density at radius 1 is 0.586 bits per heavy atom. The molecule has 4 fully saturated rings. The van der Waals surface area contributed by atoms with Crippen LogP contribution < -0.4 is 14.5 Å². The predicted octanol–water partition coefficient (Wildman–Crippen LogP) is 15.4. The molecule has 7 heteroatoms. The zero-order valence-corrected chi connectivity index (χ0v) is 42.2. The molecule has 4 heterocycles. The second-order valence-corrected chi connectivity index (χ2v) is 21.5. The van der Waals surface area contributed by atoms with Gasteiger partial charge in [-0.1, -0.05) is 105 Å². The number of ether oxygens (including phenoxy) is 1. The molecule has 15 rings (SSSR count). The molecule has 70 heavy (non-hydrogen) atoms. The average Bonchev–Trinajstić information content (AvgIpc) is 4.01. The summed E-state index contributed by atoms with van der Waals surface area (Å²) in [6, 6.07) is 65.4. The SMILES string of the molecule is CN1[CH-]N(c2[c-]c(Oc3[c-]c4c(cc3)c3ccccc3n4-c3cc(C4(c5ccc(-n6c7ccccc7c7ccccc76)cc5)C5CC6CC(C5)CC4C6)ccn3)cc(C(C)(C)C)c2)c2ccccc21.[Pt]. The van der Waals surface area contributed by atoms with Gasteiger partial charge in [-0.15, -0.1) is 47.0 Å². The molecule has 0 radical (unpaired) electrons. The quantitative estimate of drug-likeness (QED) is 0.149. The number of hydrogen-bond donors (Lipinski definition) is 0. The molecule has 0 unspecified atom stereocenters. The summed E-state index contributed by atoms with van der Waals surface area (Å²) in [5.41, 5.74) is 12.7. The van der Waals surface area contributed by atoms with Gasteiger partial charge in [0.15, 0.2) is 0 Å². The van der Waals surface area contributed by atoms with Gasteiger partial charge in [-0.25, -0.2) is 4.98 Å². The van der Waals surface area contributed by atoms with Crippen molar-refractivity contribution in [2.24, 2.45) is 23.7 Å². The van der Waals surface area contributed by atoms with Gasteiger partial charge >= 0.3 is 0 Å². The first-order valence-electron chi connectivity index (χ1n) is 24.9. The maximum absolute atomic E-state index is 6.86. The molecule has 7 aromatic carbocycles. The van der Waals surface area contributed by atoms with Crippen LogP contribution in [0.25, 0.3) is 55.1 Å². The molecule has 350 valence electrons. The summed E-state index contributed by atoms with van der Waals surface area (Å²) in [5, 5.41) is 4.87. The van der Waals surface area contributed by atoms with Crippen molar-refractivity contribution in [3.8, 4) is 23.0 Å². The van der Waals surface area contributed by atoms with E-state index < -0.39 is 0 Å². The fourth-order valence-corrected chi connectivity index (χ4v) is 13.8. The minimum atomic E-state index is -0.118. The molecular weight excluding hydrogens is 1040 g/mol. The van der Waals surface area contributed by atoms with Crippen LogP contribution in [-0.2, 0) is 31.9 Å². The molecule has 4 bridgehead atoms. The van der Waals surface area contributed by atoms with Gasteiger partial charge in [0, 0.05) is 77.5 Å². The Labute approximate surface area is 424 Å². The zero-order chi connectivity index (χ0) is 46.2. The average molecular weight is 1090 g/mol. The van der Waals surface area contributed by atoms with E-state index in [0.29, 0.717) is 23.3 Å². The first-order chi connectivity index (χ1) is 33.7. The van der Waals surface area contributed by atoms with Crippen molar-refractivity contribution in [3.05, 3.63) is 199 Å². The van der Waals surface area contributed by atoms with Crippen molar-refractivity contribution >= 4 is 60.7 Å². The first kappa shape index (κ1) is 43.4. The molecule has 5 aliphatic rings. The van der Waals surface area contributed by atoms with Crippen LogP contribution in [0.1, 0.15) is 69.6 Å². The van der Waals surface area contributed by atoms with E-state index >= 15 is 0 Å². The van der Waals surface area contributed by atoms with E-state index in [4.69, 9.17) is 9.72 Å². The number of fused-ring (bicyclic) bond motifs is 7. The summed E-state index contributed by atoms with van der Waals surface area (Å²) in [6.07, 6.45) is 8.63. The Bertz CT molecular complexity index is 3590. The summed E-state index contributed by atoms with van der Waals surface area (Å²) in [7, 11) is 2.09. The summed E-state index contributed by atoms with van der Waals surface area (Å²) >= 11 is 0. The molecule has 3 aromatic heterocycles. The Morgan fingerprint density at radius 2 is 1.19 bits per heavy atom. The standard InChI is InChI=1S/C63H54N5O.Pt/c1-62(2,3)44-34-48(66-39-65(4)58-19-11-12-20-59(58)66)37-50(35-44)69-49-25-26-54-53-15-7-10-18-57(53)68(60(54)38-49)61-36-43(27-28-64-61)63(45-30-40-29-41(32-45)33-46(63)31-40)42-21-23-47(24-22-42)67-55-16-8-5-13-51(55)52-14-6-9-17-56(52)67;/h5-28,34-36,39-41,45-46H,29-33H2,1-4H3;/q-3;. The van der Waals surface area contributed by atoms with E-state index in [9.17, 15) is 0 Å². The summed E-state index contributed by atoms with van der Waals surface area (Å²) in [5.74, 6) is 5.01. The van der Waals surface area contributed by atoms with Crippen LogP contribution in [0.15, 0.2) is 164 Å². The van der Waals surface area contributed by atoms with Crippen molar-refractivity contribution in [2.45, 2.75) is 63.7 Å². The van der Waals surface area contributed by atoms with Crippen LogP contribution in [0.3, 0.4) is 0 Å². The van der Waals surface area contributed by atoms with E-state index in [0.717, 1.165) is 51.1 Å². The van der Waals surface area contributed by atoms with Crippen molar-refractivity contribution in [1.82, 2.24) is 14.1 Å². The Balaban J connectivity index is 0.00000480. The van der Waals surface area contributed by atoms with Gasteiger partial charge in [0.05, 0.1) is 11.0 Å². The van der Waals surface area contributed by atoms with Gasteiger partial charge in [0.2, 0.25) is 0 Å². The van der Waals surface area contributed by atoms with Gasteiger partial charge in [-0.05, 0) is 139 Å². The fraction of sp³-hybridized carbons (Fsp3) is 0.238. The first-order valence-corrected chi connectivity index (χ1v) is 24.9. The molecule has 0 spiro atoms. The van der Waals surface area contributed by atoms with E-state index in [-0.39, 0.29) is 31.9 Å². The Hall–Kier alpha value is -6.62.